The topological polar surface area (TPSA) is 117 Å². The van der Waals surface area contributed by atoms with Crippen LogP contribution < -0.4 is 0 Å². The number of rotatable bonds is 27. The molecule has 37 heavy (non-hydrogen) atoms. The van der Waals surface area contributed by atoms with Gasteiger partial charge in [-0.25, -0.2) is 0 Å². The van der Waals surface area contributed by atoms with E-state index in [1.54, 1.807) is 12.1 Å². The highest BCUT2D eigenvalue weighted by atomic mass is 32.2. The van der Waals surface area contributed by atoms with E-state index in [-0.39, 0.29) is 18.1 Å². The van der Waals surface area contributed by atoms with Crippen LogP contribution in [0.2, 0.25) is 0 Å². The third-order valence-corrected chi connectivity index (χ3v) is 5.91. The van der Waals surface area contributed by atoms with E-state index in [1.165, 1.54) is 12.1 Å². The predicted octanol–water partition coefficient (Wildman–Crippen LogP) is 1.85. The zero-order valence-corrected chi connectivity index (χ0v) is 23.0. The number of hydrogen-bond acceptors (Lipinski definition) is 11. The lowest BCUT2D eigenvalue weighted by atomic mass is 10.2. The van der Waals surface area contributed by atoms with Gasteiger partial charge in [0.15, 0.2) is 0 Å². The molecule has 0 saturated carbocycles. The molecule has 12 heteroatoms. The van der Waals surface area contributed by atoms with Crippen LogP contribution in [-0.2, 0) is 52.2 Å². The van der Waals surface area contributed by atoms with Crippen LogP contribution in [-0.4, -0.2) is 121 Å². The molecule has 0 aromatic heterocycles. The summed E-state index contributed by atoms with van der Waals surface area (Å²) in [6, 6.07) is 6.49. The van der Waals surface area contributed by atoms with E-state index in [0.29, 0.717) is 99.1 Å². The fourth-order valence-corrected chi connectivity index (χ4v) is 3.55. The summed E-state index contributed by atoms with van der Waals surface area (Å²) in [7, 11) is -3.76. The molecule has 0 heterocycles. The first kappa shape index (κ1) is 33.8. The molecule has 0 amide bonds. The van der Waals surface area contributed by atoms with E-state index in [1.807, 2.05) is 13.8 Å². The molecule has 1 aromatic rings. The zero-order chi connectivity index (χ0) is 26.9. The molecule has 0 aliphatic heterocycles. The number of hydrogen-bond donors (Lipinski definition) is 0. The largest absolute Gasteiger partial charge is 0.379 e. The van der Waals surface area contributed by atoms with Crippen molar-refractivity contribution in [3.63, 3.8) is 0 Å². The lowest BCUT2D eigenvalue weighted by molar-refractivity contribution is -0.0233. The van der Waals surface area contributed by atoms with E-state index < -0.39 is 10.1 Å². The third kappa shape index (κ3) is 20.4. The maximum atomic E-state index is 12.0. The minimum Gasteiger partial charge on any atom is -0.379 e. The molecule has 0 saturated heterocycles. The molecule has 0 spiro atoms. The molecule has 0 radical (unpaired) electrons. The Labute approximate surface area is 221 Å². The minimum atomic E-state index is -3.76. The second kappa shape index (κ2) is 23.9. The zero-order valence-electron chi connectivity index (χ0n) is 22.2. The van der Waals surface area contributed by atoms with Crippen LogP contribution in [0.15, 0.2) is 29.2 Å². The van der Waals surface area contributed by atoms with Crippen LogP contribution in [0.3, 0.4) is 0 Å². The van der Waals surface area contributed by atoms with Gasteiger partial charge < -0.3 is 37.9 Å². The first-order chi connectivity index (χ1) is 18.1. The molecule has 0 N–H and O–H groups in total. The Hall–Kier alpha value is -1.19. The maximum Gasteiger partial charge on any atom is 0.297 e. The second-order valence-corrected chi connectivity index (χ2v) is 9.19. The highest BCUT2D eigenvalue weighted by Gasteiger charge is 2.14. The Morgan fingerprint density at radius 1 is 0.486 bits per heavy atom. The van der Waals surface area contributed by atoms with Crippen molar-refractivity contribution in [2.24, 2.45) is 0 Å². The molecule has 0 aliphatic rings. The van der Waals surface area contributed by atoms with Gasteiger partial charge in [-0.1, -0.05) is 17.7 Å². The van der Waals surface area contributed by atoms with Crippen LogP contribution in [0.25, 0.3) is 0 Å². The lowest BCUT2D eigenvalue weighted by Gasteiger charge is -2.09. The molecular formula is C25H44O11S. The number of ether oxygens (including phenoxy) is 8. The fraction of sp³-hybridized carbons (Fsp3) is 0.760. The van der Waals surface area contributed by atoms with Crippen LogP contribution in [0, 0.1) is 6.92 Å². The van der Waals surface area contributed by atoms with E-state index in [0.717, 1.165) is 5.56 Å². The van der Waals surface area contributed by atoms with Crippen molar-refractivity contribution >= 4 is 10.1 Å². The fourth-order valence-electron chi connectivity index (χ4n) is 2.66. The van der Waals surface area contributed by atoms with Crippen molar-refractivity contribution in [1.82, 2.24) is 0 Å². The molecule has 0 aliphatic carbocycles. The maximum absolute atomic E-state index is 12.0. The third-order valence-electron chi connectivity index (χ3n) is 4.58. The van der Waals surface area contributed by atoms with Gasteiger partial charge in [0.25, 0.3) is 10.1 Å². The summed E-state index contributed by atoms with van der Waals surface area (Å²) in [6.07, 6.45) is 0. The standard InChI is InChI=1S/C25H44O11S/c1-3-28-8-9-29-10-11-30-12-13-31-14-15-32-16-17-33-18-19-34-20-21-35-22-23-36-37(26,27)25-6-4-24(2)5-7-25/h4-7H,3,8-23H2,1-2H3. The Morgan fingerprint density at radius 3 is 1.11 bits per heavy atom. The first-order valence-electron chi connectivity index (χ1n) is 12.6. The van der Waals surface area contributed by atoms with Gasteiger partial charge in [0.2, 0.25) is 0 Å². The first-order valence-corrected chi connectivity index (χ1v) is 14.0. The predicted molar refractivity (Wildman–Crippen MR) is 137 cm³/mol. The molecule has 0 fully saturated rings. The lowest BCUT2D eigenvalue weighted by Crippen LogP contribution is -2.15. The highest BCUT2D eigenvalue weighted by molar-refractivity contribution is 7.86. The smallest absolute Gasteiger partial charge is 0.297 e. The van der Waals surface area contributed by atoms with Crippen molar-refractivity contribution in [3.05, 3.63) is 29.8 Å². The van der Waals surface area contributed by atoms with Gasteiger partial charge in [-0.2, -0.15) is 8.42 Å². The van der Waals surface area contributed by atoms with Crippen molar-refractivity contribution < 1.29 is 50.5 Å². The Kier molecular flexibility index (Phi) is 21.9. The molecule has 0 bridgehead atoms. The van der Waals surface area contributed by atoms with E-state index >= 15 is 0 Å². The van der Waals surface area contributed by atoms with Crippen molar-refractivity contribution in [2.75, 3.05) is 112 Å². The summed E-state index contributed by atoms with van der Waals surface area (Å²) in [4.78, 5) is 0.132. The van der Waals surface area contributed by atoms with Crippen LogP contribution >= 0.6 is 0 Å². The summed E-state index contributed by atoms with van der Waals surface area (Å²) in [5.41, 5.74) is 0.979. The summed E-state index contributed by atoms with van der Waals surface area (Å²) < 4.78 is 71.9. The number of aryl methyl sites for hydroxylation is 1. The monoisotopic (exact) mass is 552 g/mol. The van der Waals surface area contributed by atoms with Crippen LogP contribution in [0.1, 0.15) is 12.5 Å². The van der Waals surface area contributed by atoms with Crippen molar-refractivity contribution in [3.8, 4) is 0 Å². The molecule has 0 atom stereocenters. The Bertz CT molecular complexity index is 729. The summed E-state index contributed by atoms with van der Waals surface area (Å²) in [6.45, 7) is 11.5. The van der Waals surface area contributed by atoms with Gasteiger partial charge in [0, 0.05) is 6.61 Å². The van der Waals surface area contributed by atoms with Crippen molar-refractivity contribution in [1.29, 1.82) is 0 Å². The van der Waals surface area contributed by atoms with Gasteiger partial charge in [-0.3, -0.25) is 4.18 Å². The Balaban J connectivity index is 1.74. The molecule has 11 nitrogen and oxygen atoms in total. The summed E-state index contributed by atoms with van der Waals surface area (Å²) in [5.74, 6) is 0. The van der Waals surface area contributed by atoms with E-state index in [4.69, 9.17) is 42.1 Å². The van der Waals surface area contributed by atoms with Gasteiger partial charge >= 0.3 is 0 Å². The van der Waals surface area contributed by atoms with Gasteiger partial charge in [-0.05, 0) is 26.0 Å². The molecule has 1 aromatic carbocycles. The van der Waals surface area contributed by atoms with Crippen molar-refractivity contribution in [2.45, 2.75) is 18.7 Å². The average Bonchev–Trinajstić information content (AvgIpc) is 2.89. The molecule has 216 valence electrons. The highest BCUT2D eigenvalue weighted by Crippen LogP contribution is 2.12. The van der Waals surface area contributed by atoms with E-state index in [9.17, 15) is 8.42 Å². The normalized spacial score (nSPS) is 11.8. The quantitative estimate of drug-likeness (QED) is 0.118. The number of benzene rings is 1. The SMILES string of the molecule is CCOCCOCCOCCOCCOCCOCCOCCOCCOS(=O)(=O)c1ccc(C)cc1. The second-order valence-electron chi connectivity index (χ2n) is 7.57. The molecule has 1 rings (SSSR count). The Morgan fingerprint density at radius 2 is 0.784 bits per heavy atom. The van der Waals surface area contributed by atoms with Gasteiger partial charge in [0.1, 0.15) is 0 Å². The van der Waals surface area contributed by atoms with Gasteiger partial charge in [-0.15, -0.1) is 0 Å². The summed E-state index contributed by atoms with van der Waals surface area (Å²) >= 11 is 0. The van der Waals surface area contributed by atoms with E-state index in [2.05, 4.69) is 0 Å². The van der Waals surface area contributed by atoms with Crippen LogP contribution in [0.5, 0.6) is 0 Å². The van der Waals surface area contributed by atoms with Crippen LogP contribution in [0.4, 0.5) is 0 Å². The van der Waals surface area contributed by atoms with Gasteiger partial charge in [0.05, 0.1) is 111 Å². The average molecular weight is 553 g/mol. The molecular weight excluding hydrogens is 508 g/mol. The minimum absolute atomic E-state index is 0.0523. The molecule has 0 unspecified atom stereocenters. The summed E-state index contributed by atoms with van der Waals surface area (Å²) in [5, 5.41) is 0.